The highest BCUT2D eigenvalue weighted by molar-refractivity contribution is 5.98. The molecule has 0 saturated carbocycles. The lowest BCUT2D eigenvalue weighted by Gasteiger charge is -2.21. The molecule has 9 heteroatoms. The molecule has 3 aromatic rings. The fraction of sp³-hybridized carbons (Fsp3) is 0.233. The van der Waals surface area contributed by atoms with E-state index in [0.717, 1.165) is 16.0 Å². The summed E-state index contributed by atoms with van der Waals surface area (Å²) < 4.78 is 5.17. The lowest BCUT2D eigenvalue weighted by Crippen LogP contribution is -2.43. The number of nitrogens with one attached hydrogen (secondary N) is 1. The number of carboxylic acids is 1. The van der Waals surface area contributed by atoms with Gasteiger partial charge in [-0.3, -0.25) is 24.0 Å². The number of amides is 2. The second-order valence-electron chi connectivity index (χ2n) is 8.84. The number of carbonyl (C=O) groups excluding carboxylic acids is 4. The van der Waals surface area contributed by atoms with Crippen LogP contribution in [0, 0.1) is 0 Å². The van der Waals surface area contributed by atoms with Gasteiger partial charge in [-0.15, -0.1) is 0 Å². The summed E-state index contributed by atoms with van der Waals surface area (Å²) >= 11 is 0. The number of carboxylic acid groups (broad SMARTS) is 1. The molecule has 2 N–H and O–H groups in total. The van der Waals surface area contributed by atoms with E-state index >= 15 is 0 Å². The molecule has 0 aliphatic carbocycles. The molecule has 0 bridgehead atoms. The Bertz CT molecular complexity index is 1260. The first kappa shape index (κ1) is 28.8. The summed E-state index contributed by atoms with van der Waals surface area (Å²) in [6.45, 7) is -1.30. The second-order valence-corrected chi connectivity index (χ2v) is 8.84. The lowest BCUT2D eigenvalue weighted by atomic mass is 9.98. The average molecular weight is 531 g/mol. The summed E-state index contributed by atoms with van der Waals surface area (Å²) in [5.74, 6) is -3.57. The predicted molar refractivity (Wildman–Crippen MR) is 143 cm³/mol. The van der Waals surface area contributed by atoms with E-state index in [1.165, 1.54) is 0 Å². The van der Waals surface area contributed by atoms with Crippen LogP contribution >= 0.6 is 0 Å². The first-order valence-corrected chi connectivity index (χ1v) is 12.4. The standard InChI is InChI=1S/C30H30N2O7/c33-26(25(18-22-10-4-1-5-11-22)31-30(38)24-14-8-3-9-15-24)16-17-27(34)32(19-28(35)36)20-29(37)39-21-23-12-6-2-7-13-23/h1-15,25H,16-21H2,(H,31,38)(H,35,36). The zero-order chi connectivity index (χ0) is 28.0. The molecule has 9 nitrogen and oxygen atoms in total. The fourth-order valence-corrected chi connectivity index (χ4v) is 3.82. The topological polar surface area (TPSA) is 130 Å². The number of nitrogens with zero attached hydrogens (tertiary/aromatic N) is 1. The lowest BCUT2D eigenvalue weighted by molar-refractivity contribution is -0.153. The van der Waals surface area contributed by atoms with Crippen molar-refractivity contribution >= 4 is 29.5 Å². The van der Waals surface area contributed by atoms with Crippen molar-refractivity contribution in [3.8, 4) is 0 Å². The van der Waals surface area contributed by atoms with Gasteiger partial charge in [0.2, 0.25) is 5.91 Å². The molecule has 202 valence electrons. The minimum absolute atomic E-state index is 0.0183. The number of ketones is 1. The van der Waals surface area contributed by atoms with E-state index in [1.54, 1.807) is 54.6 Å². The third-order valence-electron chi connectivity index (χ3n) is 5.84. The van der Waals surface area contributed by atoms with Gasteiger partial charge in [0.25, 0.3) is 5.91 Å². The minimum atomic E-state index is -1.30. The van der Waals surface area contributed by atoms with Crippen molar-refractivity contribution in [2.24, 2.45) is 0 Å². The third kappa shape index (κ3) is 9.88. The van der Waals surface area contributed by atoms with Gasteiger partial charge < -0.3 is 20.1 Å². The number of benzene rings is 3. The first-order valence-electron chi connectivity index (χ1n) is 12.4. The van der Waals surface area contributed by atoms with Crippen molar-refractivity contribution < 1.29 is 33.8 Å². The molecular formula is C30H30N2O7. The molecule has 0 heterocycles. The maximum Gasteiger partial charge on any atom is 0.325 e. The SMILES string of the molecule is O=C(O)CN(CC(=O)OCc1ccccc1)C(=O)CCC(=O)C(Cc1ccccc1)NC(=O)c1ccccc1. The smallest absolute Gasteiger partial charge is 0.325 e. The molecule has 0 aromatic heterocycles. The fourth-order valence-electron chi connectivity index (χ4n) is 3.82. The van der Waals surface area contributed by atoms with Crippen LogP contribution in [-0.2, 0) is 36.9 Å². The first-order chi connectivity index (χ1) is 18.8. The van der Waals surface area contributed by atoms with E-state index in [-0.39, 0.29) is 25.9 Å². The van der Waals surface area contributed by atoms with Crippen LogP contribution in [-0.4, -0.2) is 58.7 Å². The van der Waals surface area contributed by atoms with Gasteiger partial charge in [0.05, 0.1) is 6.04 Å². The summed E-state index contributed by atoms with van der Waals surface area (Å²) in [7, 11) is 0. The molecule has 1 unspecified atom stereocenters. The molecule has 0 saturated heterocycles. The largest absolute Gasteiger partial charge is 0.480 e. The van der Waals surface area contributed by atoms with Crippen molar-refractivity contribution in [3.05, 3.63) is 108 Å². The van der Waals surface area contributed by atoms with E-state index in [1.807, 2.05) is 36.4 Å². The highest BCUT2D eigenvalue weighted by Gasteiger charge is 2.25. The monoisotopic (exact) mass is 530 g/mol. The highest BCUT2D eigenvalue weighted by Crippen LogP contribution is 2.10. The summed E-state index contributed by atoms with van der Waals surface area (Å²) in [5.41, 5.74) is 1.96. The molecule has 0 aliphatic rings. The van der Waals surface area contributed by atoms with Crippen LogP contribution < -0.4 is 5.32 Å². The van der Waals surface area contributed by atoms with Gasteiger partial charge in [0.15, 0.2) is 5.78 Å². The Morgan fingerprint density at radius 2 is 1.31 bits per heavy atom. The summed E-state index contributed by atoms with van der Waals surface area (Å²) in [5, 5.41) is 12.0. The van der Waals surface area contributed by atoms with Gasteiger partial charge in [0.1, 0.15) is 19.7 Å². The molecule has 3 aromatic carbocycles. The zero-order valence-corrected chi connectivity index (χ0v) is 21.3. The minimum Gasteiger partial charge on any atom is -0.480 e. The Labute approximate surface area is 226 Å². The van der Waals surface area contributed by atoms with E-state index in [4.69, 9.17) is 4.74 Å². The van der Waals surface area contributed by atoms with Crippen LogP contribution in [0.3, 0.4) is 0 Å². The maximum absolute atomic E-state index is 13.2. The number of esters is 1. The van der Waals surface area contributed by atoms with Gasteiger partial charge in [-0.05, 0) is 29.7 Å². The van der Waals surface area contributed by atoms with Gasteiger partial charge >= 0.3 is 11.9 Å². The van der Waals surface area contributed by atoms with Crippen molar-refractivity contribution in [3.63, 3.8) is 0 Å². The van der Waals surface area contributed by atoms with Crippen LogP contribution in [0.1, 0.15) is 34.3 Å². The van der Waals surface area contributed by atoms with Crippen LogP contribution in [0.2, 0.25) is 0 Å². The summed E-state index contributed by atoms with van der Waals surface area (Å²) in [4.78, 5) is 63.2. The molecule has 0 fully saturated rings. The van der Waals surface area contributed by atoms with Gasteiger partial charge in [-0.25, -0.2) is 0 Å². The summed E-state index contributed by atoms with van der Waals surface area (Å²) in [6.07, 6.45) is -0.359. The van der Waals surface area contributed by atoms with Gasteiger partial charge in [0, 0.05) is 18.4 Å². The predicted octanol–water partition coefficient (Wildman–Crippen LogP) is 3.03. The van der Waals surface area contributed by atoms with Crippen LogP contribution in [0.15, 0.2) is 91.0 Å². The Morgan fingerprint density at radius 1 is 0.744 bits per heavy atom. The maximum atomic E-state index is 13.2. The molecule has 1 atom stereocenters. The van der Waals surface area contributed by atoms with Crippen molar-refractivity contribution in [1.29, 1.82) is 0 Å². The molecule has 0 aliphatic heterocycles. The van der Waals surface area contributed by atoms with Crippen LogP contribution in [0.25, 0.3) is 0 Å². The third-order valence-corrected chi connectivity index (χ3v) is 5.84. The van der Waals surface area contributed by atoms with Crippen molar-refractivity contribution in [2.45, 2.75) is 31.9 Å². The Morgan fingerprint density at radius 3 is 1.90 bits per heavy atom. The Balaban J connectivity index is 1.62. The Kier molecular flexibility index (Phi) is 10.9. The molecule has 2 amide bonds. The quantitative estimate of drug-likeness (QED) is 0.307. The number of hydrogen-bond donors (Lipinski definition) is 2. The number of rotatable bonds is 14. The van der Waals surface area contributed by atoms with Crippen LogP contribution in [0.5, 0.6) is 0 Å². The highest BCUT2D eigenvalue weighted by atomic mass is 16.5. The van der Waals surface area contributed by atoms with E-state index in [0.29, 0.717) is 5.56 Å². The molecular weight excluding hydrogens is 500 g/mol. The number of aliphatic carboxylic acids is 1. The molecule has 0 radical (unpaired) electrons. The van der Waals surface area contributed by atoms with E-state index in [2.05, 4.69) is 5.32 Å². The second kappa shape index (κ2) is 14.8. The zero-order valence-electron chi connectivity index (χ0n) is 21.3. The van der Waals surface area contributed by atoms with E-state index in [9.17, 15) is 29.1 Å². The molecule has 39 heavy (non-hydrogen) atoms. The van der Waals surface area contributed by atoms with Gasteiger partial charge in [-0.2, -0.15) is 0 Å². The van der Waals surface area contributed by atoms with E-state index < -0.39 is 48.7 Å². The normalized spacial score (nSPS) is 11.2. The molecule has 3 rings (SSSR count). The number of Topliss-reactive ketones (excluding diaryl/α,β-unsaturated/α-hetero) is 1. The van der Waals surface area contributed by atoms with Crippen molar-refractivity contribution in [2.75, 3.05) is 13.1 Å². The molecule has 0 spiro atoms. The average Bonchev–Trinajstić information content (AvgIpc) is 2.95. The van der Waals surface area contributed by atoms with Crippen molar-refractivity contribution in [1.82, 2.24) is 10.2 Å². The van der Waals surface area contributed by atoms with Gasteiger partial charge in [-0.1, -0.05) is 78.9 Å². The summed E-state index contributed by atoms with van der Waals surface area (Å²) in [6, 6.07) is 25.6. The number of carbonyl (C=O) groups is 5. The Hall–Kier alpha value is -4.79. The number of ether oxygens (including phenoxy) is 1. The van der Waals surface area contributed by atoms with Crippen LogP contribution in [0.4, 0.5) is 0 Å². The number of hydrogen-bond acceptors (Lipinski definition) is 6.